The van der Waals surface area contributed by atoms with Crippen LogP contribution in [-0.4, -0.2) is 15.7 Å². The summed E-state index contributed by atoms with van der Waals surface area (Å²) in [5.41, 5.74) is 11.4. The average molecular weight is 273 g/mol. The molecule has 1 aromatic carbocycles. The third kappa shape index (κ3) is 3.55. The van der Waals surface area contributed by atoms with Crippen molar-refractivity contribution in [1.82, 2.24) is 9.97 Å². The molecule has 0 bridgehead atoms. The summed E-state index contributed by atoms with van der Waals surface area (Å²) in [5.74, 6) is 0.809. The second-order valence-electron chi connectivity index (χ2n) is 4.77. The molecule has 0 saturated carbocycles. The van der Waals surface area contributed by atoms with Crippen molar-refractivity contribution in [3.05, 3.63) is 53.0 Å². The Kier molecular flexibility index (Phi) is 4.56. The van der Waals surface area contributed by atoms with Crippen LogP contribution in [0.4, 0.5) is 0 Å². The second kappa shape index (κ2) is 6.17. The highest BCUT2D eigenvalue weighted by molar-refractivity contribution is 7.99. The number of hydrogen-bond donors (Lipinski definition) is 1. The quantitative estimate of drug-likeness (QED) is 0.869. The van der Waals surface area contributed by atoms with Gasteiger partial charge in [-0.3, -0.25) is 4.98 Å². The highest BCUT2D eigenvalue weighted by Crippen LogP contribution is 2.26. The molecule has 0 amide bonds. The van der Waals surface area contributed by atoms with Gasteiger partial charge in [0, 0.05) is 24.2 Å². The van der Waals surface area contributed by atoms with E-state index >= 15 is 0 Å². The summed E-state index contributed by atoms with van der Waals surface area (Å²) in [6, 6.07) is 4.40. The summed E-state index contributed by atoms with van der Waals surface area (Å²) in [6.45, 7) is 6.37. The first kappa shape index (κ1) is 14.0. The van der Waals surface area contributed by atoms with Gasteiger partial charge in [-0.05, 0) is 37.5 Å². The van der Waals surface area contributed by atoms with Gasteiger partial charge in [-0.2, -0.15) is 0 Å². The molecule has 2 rings (SSSR count). The summed E-state index contributed by atoms with van der Waals surface area (Å²) in [6.07, 6.45) is 5.15. The highest BCUT2D eigenvalue weighted by Gasteiger charge is 2.13. The van der Waals surface area contributed by atoms with E-state index in [1.54, 1.807) is 30.4 Å². The van der Waals surface area contributed by atoms with Crippen LogP contribution in [-0.2, 0) is 0 Å². The number of rotatable bonds is 4. The van der Waals surface area contributed by atoms with Crippen molar-refractivity contribution < 1.29 is 0 Å². The Labute approximate surface area is 118 Å². The molecule has 2 aromatic rings. The zero-order valence-electron chi connectivity index (χ0n) is 11.6. The van der Waals surface area contributed by atoms with E-state index in [1.807, 2.05) is 0 Å². The topological polar surface area (TPSA) is 51.8 Å². The molecule has 1 aromatic heterocycles. The van der Waals surface area contributed by atoms with Gasteiger partial charge in [0.15, 0.2) is 0 Å². The fraction of sp³-hybridized carbons (Fsp3) is 0.333. The molecule has 0 spiro atoms. The van der Waals surface area contributed by atoms with Gasteiger partial charge >= 0.3 is 0 Å². The molecule has 19 heavy (non-hydrogen) atoms. The van der Waals surface area contributed by atoms with Crippen LogP contribution in [0.3, 0.4) is 0 Å². The number of aryl methyl sites for hydroxylation is 3. The molecule has 1 unspecified atom stereocenters. The van der Waals surface area contributed by atoms with E-state index in [-0.39, 0.29) is 6.04 Å². The van der Waals surface area contributed by atoms with E-state index in [0.717, 1.165) is 10.8 Å². The average Bonchev–Trinajstić information content (AvgIpc) is 2.36. The number of aromatic nitrogens is 2. The number of nitrogens with zero attached hydrogens (tertiary/aromatic N) is 2. The van der Waals surface area contributed by atoms with Gasteiger partial charge in [-0.15, -0.1) is 11.8 Å². The first-order valence-electron chi connectivity index (χ1n) is 6.30. The molecule has 2 N–H and O–H groups in total. The minimum absolute atomic E-state index is 0.0209. The summed E-state index contributed by atoms with van der Waals surface area (Å²) < 4.78 is 0. The Morgan fingerprint density at radius 3 is 2.42 bits per heavy atom. The van der Waals surface area contributed by atoms with Crippen molar-refractivity contribution in [2.75, 3.05) is 5.75 Å². The minimum Gasteiger partial charge on any atom is -0.323 e. The van der Waals surface area contributed by atoms with Gasteiger partial charge in [0.1, 0.15) is 5.03 Å². The highest BCUT2D eigenvalue weighted by atomic mass is 32.2. The summed E-state index contributed by atoms with van der Waals surface area (Å²) in [4.78, 5) is 8.31. The Balaban J connectivity index is 2.10. The standard InChI is InChI=1S/C15H19N3S/c1-10-6-11(2)15(12(3)7-10)13(16)9-19-14-8-17-4-5-18-14/h4-8,13H,9,16H2,1-3H3. The normalized spacial score (nSPS) is 12.4. The summed E-state index contributed by atoms with van der Waals surface area (Å²) in [5, 5.41) is 0.917. The smallest absolute Gasteiger partial charge is 0.114 e. The predicted octanol–water partition coefficient (Wildman–Crippen LogP) is 3.19. The molecular weight excluding hydrogens is 254 g/mol. The molecule has 0 aliphatic rings. The number of hydrogen-bond acceptors (Lipinski definition) is 4. The third-order valence-electron chi connectivity index (χ3n) is 3.06. The van der Waals surface area contributed by atoms with Crippen LogP contribution in [0, 0.1) is 20.8 Å². The van der Waals surface area contributed by atoms with E-state index in [4.69, 9.17) is 5.73 Å². The molecule has 100 valence electrons. The van der Waals surface area contributed by atoms with Crippen molar-refractivity contribution in [3.8, 4) is 0 Å². The van der Waals surface area contributed by atoms with Crippen LogP contribution in [0.2, 0.25) is 0 Å². The molecule has 0 radical (unpaired) electrons. The third-order valence-corrected chi connectivity index (χ3v) is 4.09. The molecule has 1 heterocycles. The van der Waals surface area contributed by atoms with E-state index < -0.39 is 0 Å². The van der Waals surface area contributed by atoms with Crippen LogP contribution in [0.1, 0.15) is 28.3 Å². The monoisotopic (exact) mass is 273 g/mol. The first-order chi connectivity index (χ1) is 9.08. The van der Waals surface area contributed by atoms with E-state index in [9.17, 15) is 0 Å². The molecule has 0 aliphatic carbocycles. The maximum atomic E-state index is 6.33. The van der Waals surface area contributed by atoms with E-state index in [2.05, 4.69) is 42.9 Å². The number of benzene rings is 1. The maximum absolute atomic E-state index is 6.33. The second-order valence-corrected chi connectivity index (χ2v) is 5.81. The molecule has 4 heteroatoms. The zero-order chi connectivity index (χ0) is 13.8. The lowest BCUT2D eigenvalue weighted by Gasteiger charge is -2.18. The molecule has 0 saturated heterocycles. The van der Waals surface area contributed by atoms with Crippen molar-refractivity contribution in [2.45, 2.75) is 31.8 Å². The van der Waals surface area contributed by atoms with Gasteiger partial charge in [0.05, 0.1) is 6.20 Å². The predicted molar refractivity (Wildman–Crippen MR) is 80.3 cm³/mol. The van der Waals surface area contributed by atoms with E-state index in [1.165, 1.54) is 22.3 Å². The molecule has 3 nitrogen and oxygen atoms in total. The van der Waals surface area contributed by atoms with Gasteiger partial charge in [-0.1, -0.05) is 17.7 Å². The van der Waals surface area contributed by atoms with Crippen molar-refractivity contribution in [2.24, 2.45) is 5.73 Å². The Hall–Kier alpha value is -1.39. The van der Waals surface area contributed by atoms with Crippen molar-refractivity contribution in [3.63, 3.8) is 0 Å². The van der Waals surface area contributed by atoms with Gasteiger partial charge in [-0.25, -0.2) is 4.98 Å². The molecule has 0 fully saturated rings. The first-order valence-corrected chi connectivity index (χ1v) is 7.28. The minimum atomic E-state index is 0.0209. The van der Waals surface area contributed by atoms with Crippen LogP contribution < -0.4 is 5.73 Å². The largest absolute Gasteiger partial charge is 0.323 e. The van der Waals surface area contributed by atoms with Crippen LogP contribution in [0.25, 0.3) is 0 Å². The van der Waals surface area contributed by atoms with Gasteiger partial charge in [0.2, 0.25) is 0 Å². The maximum Gasteiger partial charge on any atom is 0.114 e. The molecule has 0 aliphatic heterocycles. The van der Waals surface area contributed by atoms with Crippen LogP contribution in [0.5, 0.6) is 0 Å². The van der Waals surface area contributed by atoms with Crippen molar-refractivity contribution >= 4 is 11.8 Å². The SMILES string of the molecule is Cc1cc(C)c(C(N)CSc2cnccn2)c(C)c1. The van der Waals surface area contributed by atoms with Crippen LogP contribution >= 0.6 is 11.8 Å². The Morgan fingerprint density at radius 2 is 1.84 bits per heavy atom. The lowest BCUT2D eigenvalue weighted by molar-refractivity contribution is 0.811. The number of thioether (sulfide) groups is 1. The fourth-order valence-electron chi connectivity index (χ4n) is 2.39. The fourth-order valence-corrected chi connectivity index (χ4v) is 3.18. The van der Waals surface area contributed by atoms with Crippen molar-refractivity contribution in [1.29, 1.82) is 0 Å². The van der Waals surface area contributed by atoms with Gasteiger partial charge < -0.3 is 5.73 Å². The van der Waals surface area contributed by atoms with Gasteiger partial charge in [0.25, 0.3) is 0 Å². The molecule has 1 atom stereocenters. The lowest BCUT2D eigenvalue weighted by atomic mass is 9.95. The van der Waals surface area contributed by atoms with Crippen LogP contribution in [0.15, 0.2) is 35.7 Å². The van der Waals surface area contributed by atoms with E-state index in [0.29, 0.717) is 0 Å². The lowest BCUT2D eigenvalue weighted by Crippen LogP contribution is -2.16. The summed E-state index contributed by atoms with van der Waals surface area (Å²) >= 11 is 1.65. The summed E-state index contributed by atoms with van der Waals surface area (Å²) in [7, 11) is 0. The zero-order valence-corrected chi connectivity index (χ0v) is 12.4. The Morgan fingerprint density at radius 1 is 1.16 bits per heavy atom. The Bertz CT molecular complexity index is 532. The number of nitrogens with two attached hydrogens (primary N) is 1. The molecular formula is C15H19N3S.